The Morgan fingerprint density at radius 2 is 1.88 bits per heavy atom. The lowest BCUT2D eigenvalue weighted by Gasteiger charge is -2.39. The van der Waals surface area contributed by atoms with E-state index in [4.69, 9.17) is 4.98 Å². The third kappa shape index (κ3) is 4.71. The van der Waals surface area contributed by atoms with Gasteiger partial charge in [0.15, 0.2) is 5.65 Å². The zero-order valence-corrected chi connectivity index (χ0v) is 23.6. The summed E-state index contributed by atoms with van der Waals surface area (Å²) in [6.45, 7) is 8.87. The SMILES string of the molecule is Cc1ccnc(C(C)C)c1-n1c(=O)nc(N2CCN(C(=O)O)C[C@@H]2C)c2cc(C3CC3)c(-c3ccccc3F)nc21. The maximum absolute atomic E-state index is 15.2. The largest absolute Gasteiger partial charge is 0.465 e. The minimum Gasteiger partial charge on any atom is -0.465 e. The molecule has 1 saturated carbocycles. The summed E-state index contributed by atoms with van der Waals surface area (Å²) in [6.07, 6.45) is 2.72. The standard InChI is InChI=1S/C31H33FN6O3/c1-17(2)25-27(18(3)11-12-33-25)38-29-23(28(35-30(38)39)37-14-13-36(31(40)41)16-19(37)4)15-22(20-9-10-20)26(34-29)21-7-5-6-8-24(21)32/h5-8,11-12,15,17,19-20H,9-10,13-14,16H2,1-4H3,(H,40,41)/t19-/m0/s1. The van der Waals surface area contributed by atoms with Crippen molar-refractivity contribution in [2.45, 2.75) is 58.4 Å². The van der Waals surface area contributed by atoms with Gasteiger partial charge in [-0.1, -0.05) is 26.0 Å². The summed E-state index contributed by atoms with van der Waals surface area (Å²) < 4.78 is 16.7. The average Bonchev–Trinajstić information content (AvgIpc) is 3.78. The number of halogens is 1. The lowest BCUT2D eigenvalue weighted by molar-refractivity contribution is 0.136. The van der Waals surface area contributed by atoms with Crippen molar-refractivity contribution in [3.8, 4) is 16.9 Å². The molecule has 1 saturated heterocycles. The summed E-state index contributed by atoms with van der Waals surface area (Å²) >= 11 is 0. The highest BCUT2D eigenvalue weighted by Gasteiger charge is 2.33. The number of nitrogens with zero attached hydrogens (tertiary/aromatic N) is 6. The van der Waals surface area contributed by atoms with Crippen molar-refractivity contribution < 1.29 is 14.3 Å². The van der Waals surface area contributed by atoms with Crippen LogP contribution in [0.2, 0.25) is 0 Å². The van der Waals surface area contributed by atoms with Crippen molar-refractivity contribution in [2.24, 2.45) is 0 Å². The smallest absolute Gasteiger partial charge is 0.407 e. The number of piperazine rings is 1. The number of aromatic nitrogens is 4. The van der Waals surface area contributed by atoms with Gasteiger partial charge < -0.3 is 14.9 Å². The van der Waals surface area contributed by atoms with E-state index < -0.39 is 11.8 Å². The molecule has 0 radical (unpaired) electrons. The van der Waals surface area contributed by atoms with Crippen LogP contribution in [0.15, 0.2) is 47.4 Å². The maximum Gasteiger partial charge on any atom is 0.407 e. The highest BCUT2D eigenvalue weighted by atomic mass is 19.1. The zero-order chi connectivity index (χ0) is 29.0. The van der Waals surface area contributed by atoms with E-state index in [0.717, 1.165) is 29.7 Å². The molecule has 9 nitrogen and oxygen atoms in total. The van der Waals surface area contributed by atoms with E-state index in [0.29, 0.717) is 46.9 Å². The molecule has 1 atom stereocenters. The molecule has 1 aromatic carbocycles. The predicted molar refractivity (Wildman–Crippen MR) is 156 cm³/mol. The number of carbonyl (C=O) groups is 1. The van der Waals surface area contributed by atoms with Crippen LogP contribution in [0.25, 0.3) is 28.0 Å². The monoisotopic (exact) mass is 556 g/mol. The van der Waals surface area contributed by atoms with Crippen molar-refractivity contribution in [1.82, 2.24) is 24.4 Å². The number of pyridine rings is 2. The molecule has 0 bridgehead atoms. The molecule has 4 heterocycles. The zero-order valence-electron chi connectivity index (χ0n) is 23.6. The Hall–Kier alpha value is -4.34. The Kier molecular flexibility index (Phi) is 6.71. The lowest BCUT2D eigenvalue weighted by Crippen LogP contribution is -2.54. The molecule has 2 fully saturated rings. The molecule has 6 rings (SSSR count). The Balaban J connectivity index is 1.68. The second-order valence-electron chi connectivity index (χ2n) is 11.4. The van der Waals surface area contributed by atoms with E-state index in [1.807, 2.05) is 44.7 Å². The summed E-state index contributed by atoms with van der Waals surface area (Å²) in [5, 5.41) is 10.2. The van der Waals surface area contributed by atoms with Crippen LogP contribution in [0.5, 0.6) is 0 Å². The second kappa shape index (κ2) is 10.2. The van der Waals surface area contributed by atoms with Gasteiger partial charge in [0, 0.05) is 37.4 Å². The predicted octanol–water partition coefficient (Wildman–Crippen LogP) is 5.48. The fourth-order valence-electron chi connectivity index (χ4n) is 5.87. The van der Waals surface area contributed by atoms with Crippen LogP contribution in [0, 0.1) is 12.7 Å². The van der Waals surface area contributed by atoms with E-state index in [1.54, 1.807) is 24.4 Å². The topological polar surface area (TPSA) is 104 Å². The van der Waals surface area contributed by atoms with Crippen LogP contribution < -0.4 is 10.6 Å². The second-order valence-corrected chi connectivity index (χ2v) is 11.4. The average molecular weight is 557 g/mol. The number of anilines is 1. The molecule has 41 heavy (non-hydrogen) atoms. The summed E-state index contributed by atoms with van der Waals surface area (Å²) in [7, 11) is 0. The first-order valence-corrected chi connectivity index (χ1v) is 14.1. The molecular formula is C31H33FN6O3. The van der Waals surface area contributed by atoms with Gasteiger partial charge in [0.1, 0.15) is 11.6 Å². The van der Waals surface area contributed by atoms with Crippen molar-refractivity contribution in [1.29, 1.82) is 0 Å². The normalized spacial score (nSPS) is 17.5. The van der Waals surface area contributed by atoms with Crippen LogP contribution in [0.3, 0.4) is 0 Å². The molecule has 1 aliphatic carbocycles. The van der Waals surface area contributed by atoms with Gasteiger partial charge >= 0.3 is 11.8 Å². The summed E-state index contributed by atoms with van der Waals surface area (Å²) in [4.78, 5) is 43.4. The Morgan fingerprint density at radius 1 is 1.12 bits per heavy atom. The lowest BCUT2D eigenvalue weighted by atomic mass is 9.99. The van der Waals surface area contributed by atoms with Crippen LogP contribution in [-0.4, -0.2) is 61.3 Å². The molecule has 212 valence electrons. The first-order chi connectivity index (χ1) is 19.7. The summed E-state index contributed by atoms with van der Waals surface area (Å²) in [6, 6.07) is 10.3. The van der Waals surface area contributed by atoms with E-state index in [9.17, 15) is 14.7 Å². The number of aryl methyl sites for hydroxylation is 1. The van der Waals surface area contributed by atoms with Crippen LogP contribution in [0.4, 0.5) is 15.0 Å². The fraction of sp³-hybridized carbons (Fsp3) is 0.387. The molecule has 2 aliphatic rings. The van der Waals surface area contributed by atoms with Crippen LogP contribution in [0.1, 0.15) is 62.3 Å². The van der Waals surface area contributed by atoms with Crippen molar-refractivity contribution in [3.05, 3.63) is 75.7 Å². The molecular weight excluding hydrogens is 523 g/mol. The molecule has 1 aliphatic heterocycles. The molecule has 1 N–H and O–H groups in total. The van der Waals surface area contributed by atoms with E-state index in [2.05, 4.69) is 9.97 Å². The number of hydrogen-bond donors (Lipinski definition) is 1. The quantitative estimate of drug-likeness (QED) is 0.347. The number of hydrogen-bond acceptors (Lipinski definition) is 6. The minimum atomic E-state index is -0.967. The van der Waals surface area contributed by atoms with Crippen LogP contribution >= 0.6 is 0 Å². The summed E-state index contributed by atoms with van der Waals surface area (Å²) in [5.41, 5.74) is 3.95. The Labute approximate surface area is 237 Å². The van der Waals surface area contributed by atoms with Crippen LogP contribution in [-0.2, 0) is 0 Å². The van der Waals surface area contributed by atoms with Gasteiger partial charge in [0.05, 0.1) is 22.5 Å². The van der Waals surface area contributed by atoms with Gasteiger partial charge in [-0.3, -0.25) is 4.98 Å². The summed E-state index contributed by atoms with van der Waals surface area (Å²) in [5.74, 6) is 0.360. The van der Waals surface area contributed by atoms with Crippen molar-refractivity contribution >= 4 is 22.9 Å². The van der Waals surface area contributed by atoms with E-state index in [1.165, 1.54) is 15.5 Å². The van der Waals surface area contributed by atoms with Crippen molar-refractivity contribution in [2.75, 3.05) is 24.5 Å². The molecule has 0 unspecified atom stereocenters. The molecule has 1 amide bonds. The highest BCUT2D eigenvalue weighted by Crippen LogP contribution is 2.46. The third-order valence-corrected chi connectivity index (χ3v) is 8.12. The van der Waals surface area contributed by atoms with Gasteiger partial charge in [0.25, 0.3) is 0 Å². The third-order valence-electron chi connectivity index (χ3n) is 8.12. The number of amides is 1. The highest BCUT2D eigenvalue weighted by molar-refractivity contribution is 5.92. The number of rotatable bonds is 5. The molecule has 0 spiro atoms. The molecule has 10 heteroatoms. The number of benzene rings is 1. The van der Waals surface area contributed by atoms with Gasteiger partial charge in [-0.2, -0.15) is 4.98 Å². The number of carboxylic acid groups (broad SMARTS) is 1. The van der Waals surface area contributed by atoms with Crippen molar-refractivity contribution in [3.63, 3.8) is 0 Å². The van der Waals surface area contributed by atoms with Gasteiger partial charge in [0.2, 0.25) is 0 Å². The van der Waals surface area contributed by atoms with Gasteiger partial charge in [-0.25, -0.2) is 23.5 Å². The van der Waals surface area contributed by atoms with E-state index >= 15 is 4.39 Å². The maximum atomic E-state index is 15.2. The number of fused-ring (bicyclic) bond motifs is 1. The minimum absolute atomic E-state index is 0.0208. The molecule has 3 aromatic heterocycles. The first kappa shape index (κ1) is 26.9. The van der Waals surface area contributed by atoms with Gasteiger partial charge in [-0.15, -0.1) is 0 Å². The van der Waals surface area contributed by atoms with E-state index in [-0.39, 0.29) is 30.2 Å². The molecule has 4 aromatic rings. The first-order valence-electron chi connectivity index (χ1n) is 14.1. The fourth-order valence-corrected chi connectivity index (χ4v) is 5.87. The Bertz CT molecular complexity index is 1730. The van der Waals surface area contributed by atoms with Gasteiger partial charge in [-0.05, 0) is 73.9 Å². The Morgan fingerprint density at radius 3 is 2.54 bits per heavy atom.